The minimum atomic E-state index is 0.0632. The van der Waals surface area contributed by atoms with Crippen LogP contribution in [0.3, 0.4) is 0 Å². The van der Waals surface area contributed by atoms with Gasteiger partial charge in [-0.2, -0.15) is 0 Å². The second kappa shape index (κ2) is 8.90. The number of rotatable bonds is 8. The number of hydrogen-bond acceptors (Lipinski definition) is 2. The molecule has 1 amide bonds. The fourth-order valence-electron chi connectivity index (χ4n) is 2.87. The number of hydrogen-bond donors (Lipinski definition) is 1. The number of carbonyl (C=O) groups is 1. The summed E-state index contributed by atoms with van der Waals surface area (Å²) >= 11 is 0. The monoisotopic (exact) mass is 348 g/mol. The number of nitrogens with one attached hydrogen (secondary N) is 1. The van der Waals surface area contributed by atoms with E-state index < -0.39 is 0 Å². The van der Waals surface area contributed by atoms with Gasteiger partial charge in [-0.25, -0.2) is 0 Å². The van der Waals surface area contributed by atoms with Crippen LogP contribution < -0.4 is 10.1 Å². The fourth-order valence-corrected chi connectivity index (χ4v) is 2.87. The molecule has 0 atom stereocenters. The zero-order chi connectivity index (χ0) is 18.2. The maximum absolute atomic E-state index is 12.2. The van der Waals surface area contributed by atoms with Gasteiger partial charge in [0.15, 0.2) is 0 Å². The Morgan fingerprint density at radius 1 is 0.962 bits per heavy atom. The van der Waals surface area contributed by atoms with Crippen LogP contribution in [0.25, 0.3) is 0 Å². The summed E-state index contributed by atoms with van der Waals surface area (Å²) in [5.41, 5.74) is 3.48. The second-order valence-corrected chi connectivity index (χ2v) is 6.24. The van der Waals surface area contributed by atoms with E-state index in [9.17, 15) is 4.79 Å². The lowest BCUT2D eigenvalue weighted by Crippen LogP contribution is -2.24. The molecule has 3 rings (SSSR count). The van der Waals surface area contributed by atoms with E-state index in [4.69, 9.17) is 4.74 Å². The molecule has 0 aliphatic rings. The molecule has 4 heteroatoms. The van der Waals surface area contributed by atoms with Crippen LogP contribution in [0, 0.1) is 0 Å². The molecule has 1 heterocycles. The number of amides is 1. The Morgan fingerprint density at radius 2 is 1.73 bits per heavy atom. The smallest absolute Gasteiger partial charge is 0.220 e. The molecule has 0 saturated heterocycles. The molecule has 0 bridgehead atoms. The third-order valence-corrected chi connectivity index (χ3v) is 4.39. The molecule has 0 spiro atoms. The molecule has 2 aromatic carbocycles. The van der Waals surface area contributed by atoms with Crippen molar-refractivity contribution in [1.82, 2.24) is 9.88 Å². The van der Waals surface area contributed by atoms with Gasteiger partial charge >= 0.3 is 0 Å². The van der Waals surface area contributed by atoms with Gasteiger partial charge in [-0.1, -0.05) is 42.5 Å². The molecule has 0 unspecified atom stereocenters. The minimum absolute atomic E-state index is 0.0632. The van der Waals surface area contributed by atoms with Crippen molar-refractivity contribution >= 4 is 5.91 Å². The van der Waals surface area contributed by atoms with E-state index in [0.29, 0.717) is 13.0 Å². The van der Waals surface area contributed by atoms with Crippen molar-refractivity contribution in [2.45, 2.75) is 25.9 Å². The van der Waals surface area contributed by atoms with Gasteiger partial charge in [0.25, 0.3) is 0 Å². The first kappa shape index (κ1) is 17.8. The Bertz CT molecular complexity index is 823. The van der Waals surface area contributed by atoms with Crippen molar-refractivity contribution < 1.29 is 9.53 Å². The minimum Gasteiger partial charge on any atom is -0.497 e. The lowest BCUT2D eigenvalue weighted by molar-refractivity contribution is -0.121. The van der Waals surface area contributed by atoms with Gasteiger partial charge in [0.1, 0.15) is 5.75 Å². The zero-order valence-corrected chi connectivity index (χ0v) is 15.0. The number of benzene rings is 2. The average Bonchev–Trinajstić information content (AvgIpc) is 3.13. The Kier molecular flexibility index (Phi) is 6.09. The summed E-state index contributed by atoms with van der Waals surface area (Å²) in [5, 5.41) is 3.02. The molecule has 0 aliphatic heterocycles. The number of aryl methyl sites for hydroxylation is 1. The average molecular weight is 348 g/mol. The molecule has 4 nitrogen and oxygen atoms in total. The number of aromatic nitrogens is 1. The van der Waals surface area contributed by atoms with Crippen LogP contribution in [-0.2, 0) is 24.3 Å². The van der Waals surface area contributed by atoms with Crippen LogP contribution >= 0.6 is 0 Å². The molecular formula is C22H24N2O2. The van der Waals surface area contributed by atoms with Crippen LogP contribution in [0.4, 0.5) is 0 Å². The molecular weight excluding hydrogens is 324 g/mol. The Labute approximate surface area is 154 Å². The van der Waals surface area contributed by atoms with Gasteiger partial charge in [0, 0.05) is 24.9 Å². The van der Waals surface area contributed by atoms with Gasteiger partial charge in [0.05, 0.1) is 13.7 Å². The Morgan fingerprint density at radius 3 is 2.46 bits per heavy atom. The van der Waals surface area contributed by atoms with Gasteiger partial charge in [-0.15, -0.1) is 0 Å². The summed E-state index contributed by atoms with van der Waals surface area (Å²) in [6, 6.07) is 22.2. The maximum atomic E-state index is 12.2. The molecule has 0 aliphatic carbocycles. The number of methoxy groups -OCH3 is 1. The van der Waals surface area contributed by atoms with Crippen molar-refractivity contribution in [3.8, 4) is 5.75 Å². The fraction of sp³-hybridized carbons (Fsp3) is 0.227. The quantitative estimate of drug-likeness (QED) is 0.673. The highest BCUT2D eigenvalue weighted by molar-refractivity contribution is 5.76. The molecule has 134 valence electrons. The van der Waals surface area contributed by atoms with E-state index in [1.165, 1.54) is 5.56 Å². The van der Waals surface area contributed by atoms with E-state index in [-0.39, 0.29) is 5.91 Å². The Balaban J connectivity index is 1.48. The van der Waals surface area contributed by atoms with Crippen molar-refractivity contribution in [3.63, 3.8) is 0 Å². The van der Waals surface area contributed by atoms with Gasteiger partial charge in [-0.3, -0.25) is 4.79 Å². The predicted octanol–water partition coefficient (Wildman–Crippen LogP) is 3.79. The first-order valence-electron chi connectivity index (χ1n) is 8.82. The number of ether oxygens (including phenoxy) is 1. The van der Waals surface area contributed by atoms with E-state index in [0.717, 1.165) is 30.0 Å². The van der Waals surface area contributed by atoms with Crippen LogP contribution in [-0.4, -0.2) is 17.6 Å². The Hall–Kier alpha value is -3.01. The van der Waals surface area contributed by atoms with E-state index in [1.54, 1.807) is 7.11 Å². The lowest BCUT2D eigenvalue weighted by Gasteiger charge is -2.11. The summed E-state index contributed by atoms with van der Waals surface area (Å²) in [6.07, 6.45) is 3.25. The van der Waals surface area contributed by atoms with Crippen LogP contribution in [0.15, 0.2) is 72.9 Å². The van der Waals surface area contributed by atoms with Gasteiger partial charge in [-0.05, 0) is 41.8 Å². The summed E-state index contributed by atoms with van der Waals surface area (Å²) < 4.78 is 7.31. The lowest BCUT2D eigenvalue weighted by atomic mass is 10.1. The molecule has 0 fully saturated rings. The summed E-state index contributed by atoms with van der Waals surface area (Å²) in [6.45, 7) is 1.35. The highest BCUT2D eigenvalue weighted by Crippen LogP contribution is 2.13. The molecule has 0 radical (unpaired) electrons. The number of nitrogens with zero attached hydrogens (tertiary/aromatic N) is 1. The SMILES string of the molecule is COc1ccc(CCC(=O)NCc2cccn2Cc2ccccc2)cc1. The summed E-state index contributed by atoms with van der Waals surface area (Å²) in [7, 11) is 1.65. The molecule has 1 aromatic heterocycles. The first-order valence-corrected chi connectivity index (χ1v) is 8.82. The normalized spacial score (nSPS) is 10.5. The second-order valence-electron chi connectivity index (χ2n) is 6.24. The third-order valence-electron chi connectivity index (χ3n) is 4.39. The van der Waals surface area contributed by atoms with Crippen LogP contribution in [0.5, 0.6) is 5.75 Å². The van der Waals surface area contributed by atoms with E-state index >= 15 is 0 Å². The highest BCUT2D eigenvalue weighted by atomic mass is 16.5. The molecule has 3 aromatic rings. The molecule has 1 N–H and O–H groups in total. The standard InChI is InChI=1S/C22H24N2O2/c1-26-21-12-9-18(10-13-21)11-14-22(25)23-16-20-8-5-15-24(20)17-19-6-3-2-4-7-19/h2-10,12-13,15H,11,14,16-17H2,1H3,(H,23,25). The summed E-state index contributed by atoms with van der Waals surface area (Å²) in [5.74, 6) is 0.894. The summed E-state index contributed by atoms with van der Waals surface area (Å²) in [4.78, 5) is 12.2. The van der Waals surface area contributed by atoms with Gasteiger partial charge < -0.3 is 14.6 Å². The third kappa shape index (κ3) is 4.99. The molecule has 26 heavy (non-hydrogen) atoms. The zero-order valence-electron chi connectivity index (χ0n) is 15.0. The maximum Gasteiger partial charge on any atom is 0.220 e. The van der Waals surface area contributed by atoms with Crippen molar-refractivity contribution in [1.29, 1.82) is 0 Å². The van der Waals surface area contributed by atoms with Crippen LogP contribution in [0.2, 0.25) is 0 Å². The first-order chi connectivity index (χ1) is 12.7. The number of carbonyl (C=O) groups excluding carboxylic acids is 1. The predicted molar refractivity (Wildman–Crippen MR) is 103 cm³/mol. The highest BCUT2D eigenvalue weighted by Gasteiger charge is 2.06. The van der Waals surface area contributed by atoms with E-state index in [2.05, 4.69) is 22.0 Å². The molecule has 0 saturated carbocycles. The largest absolute Gasteiger partial charge is 0.497 e. The van der Waals surface area contributed by atoms with Crippen molar-refractivity contribution in [2.75, 3.05) is 7.11 Å². The topological polar surface area (TPSA) is 43.3 Å². The van der Waals surface area contributed by atoms with Crippen LogP contribution in [0.1, 0.15) is 23.2 Å². The van der Waals surface area contributed by atoms with Crippen molar-refractivity contribution in [3.05, 3.63) is 89.7 Å². The van der Waals surface area contributed by atoms with Gasteiger partial charge in [0.2, 0.25) is 5.91 Å². The van der Waals surface area contributed by atoms with E-state index in [1.807, 2.05) is 60.8 Å². The van der Waals surface area contributed by atoms with Crippen molar-refractivity contribution in [2.24, 2.45) is 0 Å².